The number of rotatable bonds is 4. The number of thiazole rings is 1. The summed E-state index contributed by atoms with van der Waals surface area (Å²) < 4.78 is 1.09. The van der Waals surface area contributed by atoms with Crippen LogP contribution >= 0.6 is 51.2 Å². The largest absolute Gasteiger partial charge is 0.370 e. The Morgan fingerprint density at radius 2 is 1.88 bits per heavy atom. The van der Waals surface area contributed by atoms with Crippen molar-refractivity contribution >= 4 is 62.3 Å². The van der Waals surface area contributed by atoms with Crippen molar-refractivity contribution in [2.45, 2.75) is 19.3 Å². The zero-order valence-electron chi connectivity index (χ0n) is 15.1. The Bertz CT molecular complexity index is 710. The van der Waals surface area contributed by atoms with Crippen molar-refractivity contribution in [3.63, 3.8) is 0 Å². The van der Waals surface area contributed by atoms with Crippen LogP contribution in [0.1, 0.15) is 19.4 Å². The predicted octanol–water partition coefficient (Wildman–Crippen LogP) is 3.94. The molecule has 1 aliphatic heterocycles. The van der Waals surface area contributed by atoms with Gasteiger partial charge in [-0.25, -0.2) is 4.98 Å². The Morgan fingerprint density at radius 3 is 2.46 bits per heavy atom. The lowest BCUT2D eigenvalue weighted by molar-refractivity contribution is 0.378. The highest BCUT2D eigenvalue weighted by atomic mass is 127. The highest BCUT2D eigenvalue weighted by molar-refractivity contribution is 14.0. The third-order valence-corrected chi connectivity index (χ3v) is 5.92. The van der Waals surface area contributed by atoms with Crippen LogP contribution in [0.3, 0.4) is 0 Å². The minimum atomic E-state index is -0.0476. The van der Waals surface area contributed by atoms with Crippen LogP contribution in [-0.2, 0) is 5.41 Å². The van der Waals surface area contributed by atoms with Gasteiger partial charge in [0.25, 0.3) is 0 Å². The highest BCUT2D eigenvalue weighted by Gasteiger charge is 2.23. The molecule has 0 bridgehead atoms. The summed E-state index contributed by atoms with van der Waals surface area (Å²) in [6.07, 6.45) is 1.85. The summed E-state index contributed by atoms with van der Waals surface area (Å²) in [5.74, 6) is 0.643. The first kappa shape index (κ1) is 21.4. The second kappa shape index (κ2) is 9.36. The first-order chi connectivity index (χ1) is 12.0. The number of hydrogen-bond donors (Lipinski definition) is 1. The Balaban J connectivity index is 0.00000243. The predicted molar refractivity (Wildman–Crippen MR) is 125 cm³/mol. The maximum absolute atomic E-state index is 6.26. The van der Waals surface area contributed by atoms with Gasteiger partial charge in [0, 0.05) is 47.6 Å². The van der Waals surface area contributed by atoms with Gasteiger partial charge >= 0.3 is 0 Å². The fraction of sp³-hybridized carbons (Fsp3) is 0.444. The summed E-state index contributed by atoms with van der Waals surface area (Å²) >= 11 is 5.17. The van der Waals surface area contributed by atoms with Crippen LogP contribution in [0.4, 0.5) is 5.13 Å². The second-order valence-electron chi connectivity index (χ2n) is 6.85. The zero-order valence-corrected chi connectivity index (χ0v) is 19.8. The van der Waals surface area contributed by atoms with Gasteiger partial charge in [-0.3, -0.25) is 4.99 Å². The third kappa shape index (κ3) is 5.32. The molecule has 8 heteroatoms. The lowest BCUT2D eigenvalue weighted by Crippen LogP contribution is -2.51. The fourth-order valence-electron chi connectivity index (χ4n) is 2.87. The Kier molecular flexibility index (Phi) is 7.72. The Labute approximate surface area is 184 Å². The van der Waals surface area contributed by atoms with Crippen LogP contribution in [0.15, 0.2) is 45.3 Å². The quantitative estimate of drug-likeness (QED) is 0.356. The second-order valence-corrected chi connectivity index (χ2v) is 8.64. The van der Waals surface area contributed by atoms with E-state index in [2.05, 4.69) is 73.8 Å². The lowest BCUT2D eigenvalue weighted by atomic mass is 9.85. The molecule has 26 heavy (non-hydrogen) atoms. The molecule has 0 amide bonds. The smallest absolute Gasteiger partial charge is 0.191 e. The van der Waals surface area contributed by atoms with E-state index >= 15 is 0 Å². The van der Waals surface area contributed by atoms with Crippen LogP contribution < -0.4 is 10.6 Å². The van der Waals surface area contributed by atoms with Gasteiger partial charge in [0.15, 0.2) is 11.1 Å². The van der Waals surface area contributed by atoms with Crippen molar-refractivity contribution in [1.29, 1.82) is 0 Å². The van der Waals surface area contributed by atoms with Crippen LogP contribution in [0.25, 0.3) is 0 Å². The molecule has 0 aliphatic carbocycles. The minimum absolute atomic E-state index is 0. The number of guanidine groups is 1. The first-order valence-corrected chi connectivity index (χ1v) is 10.1. The molecule has 2 aromatic rings. The maximum Gasteiger partial charge on any atom is 0.191 e. The van der Waals surface area contributed by atoms with Crippen LogP contribution in [0.2, 0.25) is 0 Å². The minimum Gasteiger partial charge on any atom is -0.370 e. The van der Waals surface area contributed by atoms with E-state index in [1.54, 1.807) is 11.3 Å². The summed E-state index contributed by atoms with van der Waals surface area (Å²) in [7, 11) is 0. The van der Waals surface area contributed by atoms with Crippen molar-refractivity contribution < 1.29 is 0 Å². The van der Waals surface area contributed by atoms with E-state index in [1.807, 2.05) is 11.6 Å². The van der Waals surface area contributed by atoms with E-state index in [-0.39, 0.29) is 29.4 Å². The standard InChI is InChI=1S/C18H24BrN5S.HI/c1-18(2,14-3-5-15(19)6-4-14)13-22-16(20)23-8-10-24(11-9-23)17-21-7-12-25-17;/h3-7,12H,8-11,13H2,1-2H3,(H2,20,22);1H. The molecule has 1 fully saturated rings. The molecular weight excluding hydrogens is 525 g/mol. The number of aliphatic imine (C=N–C) groups is 1. The van der Waals surface area contributed by atoms with Crippen LogP contribution in [0.5, 0.6) is 0 Å². The molecule has 142 valence electrons. The van der Waals surface area contributed by atoms with Crippen molar-refractivity contribution in [3.8, 4) is 0 Å². The average molecular weight is 550 g/mol. The number of anilines is 1. The molecule has 0 saturated carbocycles. The Morgan fingerprint density at radius 1 is 1.23 bits per heavy atom. The fourth-order valence-corrected chi connectivity index (χ4v) is 3.83. The van der Waals surface area contributed by atoms with Gasteiger partial charge in [0.05, 0.1) is 6.54 Å². The van der Waals surface area contributed by atoms with E-state index in [4.69, 9.17) is 5.73 Å². The van der Waals surface area contributed by atoms with Gasteiger partial charge in [0.2, 0.25) is 0 Å². The summed E-state index contributed by atoms with van der Waals surface area (Å²) in [4.78, 5) is 13.5. The molecule has 3 rings (SSSR count). The van der Waals surface area contributed by atoms with Crippen molar-refractivity contribution in [2.24, 2.45) is 10.7 Å². The molecular formula is C18H25BrIN5S. The van der Waals surface area contributed by atoms with E-state index in [1.165, 1.54) is 5.56 Å². The van der Waals surface area contributed by atoms with Gasteiger partial charge in [-0.05, 0) is 17.7 Å². The average Bonchev–Trinajstić information content (AvgIpc) is 3.15. The molecule has 0 unspecified atom stereocenters. The molecule has 0 atom stereocenters. The number of halogens is 2. The van der Waals surface area contributed by atoms with Crippen molar-refractivity contribution in [1.82, 2.24) is 9.88 Å². The molecule has 1 aromatic heterocycles. The van der Waals surface area contributed by atoms with Gasteiger partial charge in [-0.2, -0.15) is 0 Å². The number of aromatic nitrogens is 1. The number of piperazine rings is 1. The topological polar surface area (TPSA) is 57.8 Å². The first-order valence-electron chi connectivity index (χ1n) is 8.41. The molecule has 2 N–H and O–H groups in total. The summed E-state index contributed by atoms with van der Waals surface area (Å²) in [6, 6.07) is 8.43. The monoisotopic (exact) mass is 549 g/mol. The van der Waals surface area contributed by atoms with Gasteiger partial charge in [-0.15, -0.1) is 35.3 Å². The lowest BCUT2D eigenvalue weighted by Gasteiger charge is -2.35. The van der Waals surface area contributed by atoms with Crippen LogP contribution in [-0.4, -0.2) is 48.6 Å². The van der Waals surface area contributed by atoms with Gasteiger partial charge < -0.3 is 15.5 Å². The molecule has 0 spiro atoms. The van der Waals surface area contributed by atoms with Gasteiger partial charge in [-0.1, -0.05) is 41.9 Å². The van der Waals surface area contributed by atoms with E-state index in [0.29, 0.717) is 12.5 Å². The maximum atomic E-state index is 6.26. The van der Waals surface area contributed by atoms with Gasteiger partial charge in [0.1, 0.15) is 0 Å². The zero-order chi connectivity index (χ0) is 17.9. The Hall–Kier alpha value is -0.870. The highest BCUT2D eigenvalue weighted by Crippen LogP contribution is 2.25. The number of hydrogen-bond acceptors (Lipinski definition) is 4. The van der Waals surface area contributed by atoms with Crippen LogP contribution in [0, 0.1) is 0 Å². The molecule has 1 aromatic carbocycles. The third-order valence-electron chi connectivity index (χ3n) is 4.56. The summed E-state index contributed by atoms with van der Waals surface area (Å²) in [5, 5.41) is 3.10. The summed E-state index contributed by atoms with van der Waals surface area (Å²) in [6.45, 7) is 8.70. The van der Waals surface area contributed by atoms with E-state index in [9.17, 15) is 0 Å². The molecule has 2 heterocycles. The number of benzene rings is 1. The SMILES string of the molecule is CC(C)(CN=C(N)N1CCN(c2nccs2)CC1)c1ccc(Br)cc1.I. The molecule has 1 aliphatic rings. The normalized spacial score (nSPS) is 15.7. The van der Waals surface area contributed by atoms with E-state index < -0.39 is 0 Å². The molecule has 1 saturated heterocycles. The van der Waals surface area contributed by atoms with E-state index in [0.717, 1.165) is 35.8 Å². The van der Waals surface area contributed by atoms with Crippen molar-refractivity contribution in [3.05, 3.63) is 45.9 Å². The number of nitrogens with two attached hydrogens (primary N) is 1. The molecule has 0 radical (unpaired) electrons. The van der Waals surface area contributed by atoms with Crippen molar-refractivity contribution in [2.75, 3.05) is 37.6 Å². The number of nitrogens with zero attached hydrogens (tertiary/aromatic N) is 4. The molecule has 5 nitrogen and oxygen atoms in total. The summed E-state index contributed by atoms with van der Waals surface area (Å²) in [5.41, 5.74) is 7.48.